The van der Waals surface area contributed by atoms with E-state index in [1.54, 1.807) is 0 Å². The van der Waals surface area contributed by atoms with Crippen molar-refractivity contribution in [1.82, 2.24) is 5.32 Å². The van der Waals surface area contributed by atoms with E-state index in [9.17, 15) is 4.79 Å². The minimum Gasteiger partial charge on any atom is -0.483 e. The molecule has 2 aromatic rings. The van der Waals surface area contributed by atoms with Crippen LogP contribution in [0.4, 0.5) is 0 Å². The van der Waals surface area contributed by atoms with Gasteiger partial charge in [0.1, 0.15) is 5.75 Å². The van der Waals surface area contributed by atoms with Gasteiger partial charge in [-0.3, -0.25) is 4.79 Å². The Hall–Kier alpha value is -1.81. The lowest BCUT2D eigenvalue weighted by Crippen LogP contribution is -2.31. The van der Waals surface area contributed by atoms with Gasteiger partial charge in [-0.05, 0) is 49.6 Å². The molecule has 2 rings (SSSR count). The summed E-state index contributed by atoms with van der Waals surface area (Å²) in [7, 11) is 0. The number of hydrogen-bond donors (Lipinski definition) is 1. The van der Waals surface area contributed by atoms with Crippen LogP contribution in [-0.4, -0.2) is 12.5 Å². The number of halogens is 1. The number of carbonyl (C=O) groups is 1. The highest BCUT2D eigenvalue weighted by molar-refractivity contribution is 9.10. The van der Waals surface area contributed by atoms with Crippen LogP contribution in [0.5, 0.6) is 5.75 Å². The predicted octanol–water partition coefficient (Wildman–Crippen LogP) is 4.32. The molecule has 22 heavy (non-hydrogen) atoms. The Morgan fingerprint density at radius 1 is 1.18 bits per heavy atom. The van der Waals surface area contributed by atoms with Gasteiger partial charge in [-0.25, -0.2) is 0 Å². The molecule has 0 bridgehead atoms. The SMILES string of the molecule is Cc1cc(Br)cc(C)c1OCC(=O)NC(C)c1ccccc1. The normalized spacial score (nSPS) is 11.8. The molecule has 116 valence electrons. The zero-order chi connectivity index (χ0) is 16.1. The summed E-state index contributed by atoms with van der Waals surface area (Å²) in [5, 5.41) is 2.94. The molecule has 0 aliphatic carbocycles. The molecule has 1 unspecified atom stereocenters. The largest absolute Gasteiger partial charge is 0.483 e. The summed E-state index contributed by atoms with van der Waals surface area (Å²) in [6.45, 7) is 5.92. The average molecular weight is 362 g/mol. The minimum atomic E-state index is -0.127. The maximum atomic E-state index is 12.0. The van der Waals surface area contributed by atoms with Gasteiger partial charge in [-0.2, -0.15) is 0 Å². The van der Waals surface area contributed by atoms with E-state index in [-0.39, 0.29) is 18.6 Å². The molecular formula is C18H20BrNO2. The van der Waals surface area contributed by atoms with Crippen LogP contribution < -0.4 is 10.1 Å². The number of aryl methyl sites for hydroxylation is 2. The fraction of sp³-hybridized carbons (Fsp3) is 0.278. The van der Waals surface area contributed by atoms with Crippen molar-refractivity contribution in [1.29, 1.82) is 0 Å². The summed E-state index contributed by atoms with van der Waals surface area (Å²) in [6, 6.07) is 13.8. The van der Waals surface area contributed by atoms with Gasteiger partial charge in [0.15, 0.2) is 6.61 Å². The summed E-state index contributed by atoms with van der Waals surface area (Å²) in [4.78, 5) is 12.0. The number of ether oxygens (including phenoxy) is 1. The van der Waals surface area contributed by atoms with E-state index in [2.05, 4.69) is 21.2 Å². The van der Waals surface area contributed by atoms with Crippen LogP contribution in [0.15, 0.2) is 46.9 Å². The van der Waals surface area contributed by atoms with Crippen molar-refractivity contribution in [3.8, 4) is 5.75 Å². The van der Waals surface area contributed by atoms with E-state index in [4.69, 9.17) is 4.74 Å². The first-order valence-corrected chi connectivity index (χ1v) is 8.00. The lowest BCUT2D eigenvalue weighted by molar-refractivity contribution is -0.123. The molecule has 0 aromatic heterocycles. The fourth-order valence-electron chi connectivity index (χ4n) is 2.37. The monoisotopic (exact) mass is 361 g/mol. The van der Waals surface area contributed by atoms with Gasteiger partial charge in [-0.15, -0.1) is 0 Å². The molecule has 3 nitrogen and oxygen atoms in total. The van der Waals surface area contributed by atoms with Gasteiger partial charge in [0.2, 0.25) is 0 Å². The number of hydrogen-bond acceptors (Lipinski definition) is 2. The smallest absolute Gasteiger partial charge is 0.258 e. The first kappa shape index (κ1) is 16.6. The van der Waals surface area contributed by atoms with E-state index >= 15 is 0 Å². The predicted molar refractivity (Wildman–Crippen MR) is 92.1 cm³/mol. The van der Waals surface area contributed by atoms with Gasteiger partial charge in [0.05, 0.1) is 6.04 Å². The summed E-state index contributed by atoms with van der Waals surface area (Å²) < 4.78 is 6.70. The van der Waals surface area contributed by atoms with Gasteiger partial charge >= 0.3 is 0 Å². The van der Waals surface area contributed by atoms with Crippen molar-refractivity contribution < 1.29 is 9.53 Å². The quantitative estimate of drug-likeness (QED) is 0.860. The molecule has 0 spiro atoms. The molecule has 0 fully saturated rings. The van der Waals surface area contributed by atoms with Crippen molar-refractivity contribution in [2.24, 2.45) is 0 Å². The van der Waals surface area contributed by atoms with Crippen molar-refractivity contribution in [3.05, 3.63) is 63.6 Å². The van der Waals surface area contributed by atoms with Gasteiger partial charge in [0, 0.05) is 4.47 Å². The average Bonchev–Trinajstić information content (AvgIpc) is 2.47. The van der Waals surface area contributed by atoms with E-state index in [0.717, 1.165) is 26.9 Å². The number of nitrogens with one attached hydrogen (secondary N) is 1. The topological polar surface area (TPSA) is 38.3 Å². The Balaban J connectivity index is 1.94. The summed E-state index contributed by atoms with van der Waals surface area (Å²) >= 11 is 3.45. The van der Waals surface area contributed by atoms with Gasteiger partial charge in [-0.1, -0.05) is 46.3 Å². The Kier molecular flexibility index (Phi) is 5.61. The Morgan fingerprint density at radius 3 is 2.36 bits per heavy atom. The third kappa shape index (κ3) is 4.34. The number of amides is 1. The number of rotatable bonds is 5. The van der Waals surface area contributed by atoms with E-state index < -0.39 is 0 Å². The second-order valence-electron chi connectivity index (χ2n) is 5.36. The third-order valence-corrected chi connectivity index (χ3v) is 3.91. The van der Waals surface area contributed by atoms with Crippen LogP contribution >= 0.6 is 15.9 Å². The second kappa shape index (κ2) is 7.45. The molecule has 0 saturated heterocycles. The van der Waals surface area contributed by atoms with Crippen molar-refractivity contribution in [2.75, 3.05) is 6.61 Å². The molecular weight excluding hydrogens is 342 g/mol. The molecule has 2 aromatic carbocycles. The molecule has 1 N–H and O–H groups in total. The van der Waals surface area contributed by atoms with Crippen LogP contribution in [-0.2, 0) is 4.79 Å². The number of carbonyl (C=O) groups excluding carboxylic acids is 1. The summed E-state index contributed by atoms with van der Waals surface area (Å²) in [6.07, 6.45) is 0. The Bertz CT molecular complexity index is 632. The van der Waals surface area contributed by atoms with Crippen molar-refractivity contribution in [3.63, 3.8) is 0 Å². The highest BCUT2D eigenvalue weighted by atomic mass is 79.9. The highest BCUT2D eigenvalue weighted by Crippen LogP contribution is 2.27. The summed E-state index contributed by atoms with van der Waals surface area (Å²) in [5.41, 5.74) is 3.10. The van der Waals surface area contributed by atoms with E-state index in [0.29, 0.717) is 0 Å². The number of benzene rings is 2. The van der Waals surface area contributed by atoms with Gasteiger partial charge < -0.3 is 10.1 Å². The second-order valence-corrected chi connectivity index (χ2v) is 6.27. The summed E-state index contributed by atoms with van der Waals surface area (Å²) in [5.74, 6) is 0.642. The van der Waals surface area contributed by atoms with Crippen LogP contribution in [0.1, 0.15) is 29.7 Å². The fourth-order valence-corrected chi connectivity index (χ4v) is 3.06. The van der Waals surface area contributed by atoms with Crippen LogP contribution in [0, 0.1) is 13.8 Å². The van der Waals surface area contributed by atoms with E-state index in [1.165, 1.54) is 0 Å². The molecule has 0 saturated carbocycles. The molecule has 1 atom stereocenters. The molecule has 0 radical (unpaired) electrons. The maximum Gasteiger partial charge on any atom is 0.258 e. The van der Waals surface area contributed by atoms with E-state index in [1.807, 2.05) is 63.2 Å². The molecule has 1 amide bonds. The molecule has 0 aliphatic heterocycles. The van der Waals surface area contributed by atoms with Crippen molar-refractivity contribution in [2.45, 2.75) is 26.8 Å². The molecule has 4 heteroatoms. The lowest BCUT2D eigenvalue weighted by Gasteiger charge is -2.16. The first-order chi connectivity index (χ1) is 10.5. The van der Waals surface area contributed by atoms with Gasteiger partial charge in [0.25, 0.3) is 5.91 Å². The van der Waals surface area contributed by atoms with Crippen LogP contribution in [0.2, 0.25) is 0 Å². The molecule has 0 aliphatic rings. The zero-order valence-corrected chi connectivity index (χ0v) is 14.6. The van der Waals surface area contributed by atoms with Crippen LogP contribution in [0.25, 0.3) is 0 Å². The van der Waals surface area contributed by atoms with Crippen LogP contribution in [0.3, 0.4) is 0 Å². The minimum absolute atomic E-state index is 0.0144. The zero-order valence-electron chi connectivity index (χ0n) is 13.0. The molecule has 0 heterocycles. The Labute approximate surface area is 139 Å². The third-order valence-electron chi connectivity index (χ3n) is 3.45. The lowest BCUT2D eigenvalue weighted by atomic mass is 10.1. The highest BCUT2D eigenvalue weighted by Gasteiger charge is 2.12. The Morgan fingerprint density at radius 2 is 1.77 bits per heavy atom. The first-order valence-electron chi connectivity index (χ1n) is 7.21. The maximum absolute atomic E-state index is 12.0. The van der Waals surface area contributed by atoms with Crippen molar-refractivity contribution >= 4 is 21.8 Å². The standard InChI is InChI=1S/C18H20BrNO2/c1-12-9-16(19)10-13(2)18(12)22-11-17(21)20-14(3)15-7-5-4-6-8-15/h4-10,14H,11H2,1-3H3,(H,20,21).